The topological polar surface area (TPSA) is 104 Å². The summed E-state index contributed by atoms with van der Waals surface area (Å²) in [5.41, 5.74) is 2.10. The smallest absolute Gasteiger partial charge is 0.319 e. The van der Waals surface area contributed by atoms with Gasteiger partial charge in [-0.3, -0.25) is 4.90 Å². The van der Waals surface area contributed by atoms with Crippen LogP contribution in [0, 0.1) is 18.2 Å². The molecule has 2 saturated heterocycles. The lowest BCUT2D eigenvalue weighted by Gasteiger charge is -2.31. The number of hydrogen-bond donors (Lipinski definition) is 1. The third-order valence-electron chi connectivity index (χ3n) is 10.8. The van der Waals surface area contributed by atoms with Gasteiger partial charge in [0.05, 0.1) is 18.2 Å². The number of aromatic nitrogens is 4. The molecule has 1 aliphatic carbocycles. The van der Waals surface area contributed by atoms with Crippen LogP contribution < -0.4 is 14.2 Å². The molecule has 0 bridgehead atoms. The number of methoxy groups -OCH3 is 2. The highest BCUT2D eigenvalue weighted by Crippen LogP contribution is 2.44. The molecule has 276 valence electrons. The number of benzene rings is 3. The molecule has 2 aromatic heterocycles. The van der Waals surface area contributed by atoms with Gasteiger partial charge in [-0.25, -0.2) is 13.8 Å². The Labute approximate surface area is 310 Å². The van der Waals surface area contributed by atoms with E-state index in [1.807, 2.05) is 28.8 Å². The number of terminal acetylenes is 1. The Kier molecular flexibility index (Phi) is 9.89. The Balaban J connectivity index is 1.25. The summed E-state index contributed by atoms with van der Waals surface area (Å²) in [6.45, 7) is 1.50. The van der Waals surface area contributed by atoms with Crippen LogP contribution in [0.25, 0.3) is 21.9 Å². The van der Waals surface area contributed by atoms with E-state index in [2.05, 4.69) is 10.8 Å². The summed E-state index contributed by atoms with van der Waals surface area (Å²) in [6.07, 6.45) is 8.63. The molecule has 3 atom stereocenters. The predicted molar refractivity (Wildman–Crippen MR) is 198 cm³/mol. The van der Waals surface area contributed by atoms with Crippen LogP contribution in [-0.4, -0.2) is 81.9 Å². The highest BCUT2D eigenvalue weighted by Gasteiger charge is 2.49. The Morgan fingerprint density at radius 1 is 1.06 bits per heavy atom. The Morgan fingerprint density at radius 3 is 2.62 bits per heavy atom. The van der Waals surface area contributed by atoms with Crippen molar-refractivity contribution in [2.45, 2.75) is 73.2 Å². The number of halogens is 2. The zero-order valence-corrected chi connectivity index (χ0v) is 30.5. The van der Waals surface area contributed by atoms with Crippen LogP contribution in [0.15, 0.2) is 53.6 Å². The normalized spacial score (nSPS) is 20.7. The first kappa shape index (κ1) is 35.5. The van der Waals surface area contributed by atoms with E-state index < -0.39 is 18.1 Å². The van der Waals surface area contributed by atoms with Crippen LogP contribution in [0.2, 0.25) is 0 Å². The van der Waals surface area contributed by atoms with Gasteiger partial charge in [-0.05, 0) is 79.9 Å². The fraction of sp³-hybridized carbons (Fsp3) is 0.425. The first-order valence-corrected chi connectivity index (χ1v) is 18.9. The minimum Gasteiger partial charge on any atom is -0.497 e. The summed E-state index contributed by atoms with van der Waals surface area (Å²) < 4.78 is 54.5. The van der Waals surface area contributed by atoms with Gasteiger partial charge in [0, 0.05) is 42.8 Å². The van der Waals surface area contributed by atoms with E-state index in [0.717, 1.165) is 50.0 Å². The first-order valence-electron chi connectivity index (χ1n) is 17.9. The second-order valence-corrected chi connectivity index (χ2v) is 15.0. The summed E-state index contributed by atoms with van der Waals surface area (Å²) >= 11 is 1.52. The number of rotatable bonds is 13. The summed E-state index contributed by atoms with van der Waals surface area (Å²) in [6, 6.07) is 14.3. The maximum Gasteiger partial charge on any atom is 0.319 e. The molecule has 4 heterocycles. The Morgan fingerprint density at radius 2 is 1.89 bits per heavy atom. The van der Waals surface area contributed by atoms with Gasteiger partial charge < -0.3 is 28.6 Å². The third-order valence-corrected chi connectivity index (χ3v) is 11.9. The minimum atomic E-state index is -1.35. The van der Waals surface area contributed by atoms with Crippen molar-refractivity contribution in [2.24, 2.45) is 0 Å². The number of aliphatic hydroxyl groups is 1. The van der Waals surface area contributed by atoms with Gasteiger partial charge in [-0.15, -0.1) is 6.42 Å². The van der Waals surface area contributed by atoms with Crippen molar-refractivity contribution in [1.29, 1.82) is 0 Å². The molecule has 5 aromatic rings. The lowest BCUT2D eigenvalue weighted by molar-refractivity contribution is 0.0510. The van der Waals surface area contributed by atoms with Crippen molar-refractivity contribution in [2.75, 3.05) is 40.7 Å². The zero-order chi connectivity index (χ0) is 36.7. The third kappa shape index (κ3) is 6.67. The maximum atomic E-state index is 15.2. The minimum absolute atomic E-state index is 0.0225. The van der Waals surface area contributed by atoms with Crippen LogP contribution in [0.3, 0.4) is 0 Å². The lowest BCUT2D eigenvalue weighted by atomic mass is 9.91. The van der Waals surface area contributed by atoms with E-state index in [1.54, 1.807) is 25.3 Å². The van der Waals surface area contributed by atoms with Crippen molar-refractivity contribution >= 4 is 33.7 Å². The monoisotopic (exact) mass is 741 g/mol. The van der Waals surface area contributed by atoms with Crippen molar-refractivity contribution in [1.82, 2.24) is 24.4 Å². The molecule has 0 amide bonds. The fourth-order valence-electron chi connectivity index (χ4n) is 8.01. The molecule has 8 rings (SSSR count). The SMILES string of the molecule is C#Cc1c(F)ccc2cc(OCOC)cc(C(O)c3nc4nc(OC[C@@]56CCCN5CC(F)C6)nc(SCc5ccc(OC)cc5)c4n3C3CCC3)c12. The largest absolute Gasteiger partial charge is 0.497 e. The average Bonchev–Trinajstić information content (AvgIpc) is 3.81. The highest BCUT2D eigenvalue weighted by molar-refractivity contribution is 7.98. The summed E-state index contributed by atoms with van der Waals surface area (Å²) in [5.74, 6) is 4.01. The molecule has 0 radical (unpaired) electrons. The van der Waals surface area contributed by atoms with Crippen LogP contribution in [-0.2, 0) is 10.5 Å². The van der Waals surface area contributed by atoms with Crippen molar-refractivity contribution in [3.8, 4) is 29.9 Å². The van der Waals surface area contributed by atoms with Crippen molar-refractivity contribution < 1.29 is 32.8 Å². The number of ether oxygens (including phenoxy) is 4. The zero-order valence-electron chi connectivity index (χ0n) is 29.7. The van der Waals surface area contributed by atoms with E-state index in [0.29, 0.717) is 62.8 Å². The number of aliphatic hydroxyl groups excluding tert-OH is 1. The van der Waals surface area contributed by atoms with Crippen LogP contribution in [0.1, 0.15) is 73.2 Å². The summed E-state index contributed by atoms with van der Waals surface area (Å²) in [7, 11) is 3.15. The standard InChI is InChI=1S/C40H41F2N5O5S/c1-4-30-32(42)14-11-25-17-29(52-23-49-2)18-31(33(25)30)35(48)37-43-36-34(47(37)27-7-5-8-27)38(53-21-24-9-12-28(50-3)13-10-24)45-39(44-36)51-22-40-15-6-16-46(40)20-26(41)19-40/h1,9-14,17-18,26-27,35,48H,5-8,15-16,19-23H2,2-3H3/t26?,35?,40-/m0/s1. The second-order valence-electron chi connectivity index (χ2n) is 14.0. The predicted octanol–water partition coefficient (Wildman–Crippen LogP) is 7.15. The van der Waals surface area contributed by atoms with E-state index in [9.17, 15) is 9.50 Å². The molecule has 0 spiro atoms. The number of imidazole rings is 1. The number of nitrogens with zero attached hydrogens (tertiary/aromatic N) is 5. The van der Waals surface area contributed by atoms with E-state index in [1.165, 1.54) is 24.9 Å². The first-order chi connectivity index (χ1) is 25.8. The lowest BCUT2D eigenvalue weighted by Crippen LogP contribution is -2.43. The van der Waals surface area contributed by atoms with Gasteiger partial charge in [0.25, 0.3) is 0 Å². The summed E-state index contributed by atoms with van der Waals surface area (Å²) in [5, 5.41) is 14.0. The quantitative estimate of drug-likeness (QED) is 0.0580. The molecular weight excluding hydrogens is 701 g/mol. The Hall–Kier alpha value is -4.48. The Bertz CT molecular complexity index is 2190. The molecule has 13 heteroatoms. The van der Waals surface area contributed by atoms with Gasteiger partial charge >= 0.3 is 6.01 Å². The number of hydrogen-bond acceptors (Lipinski definition) is 10. The number of alkyl halides is 1. The van der Waals surface area contributed by atoms with E-state index >= 15 is 4.39 Å². The van der Waals surface area contributed by atoms with Gasteiger partial charge in [0.2, 0.25) is 0 Å². The molecule has 53 heavy (non-hydrogen) atoms. The molecule has 2 unspecified atom stereocenters. The molecule has 10 nitrogen and oxygen atoms in total. The summed E-state index contributed by atoms with van der Waals surface area (Å²) in [4.78, 5) is 17.0. The van der Waals surface area contributed by atoms with E-state index in [-0.39, 0.29) is 36.6 Å². The molecule has 3 fully saturated rings. The fourth-order valence-corrected chi connectivity index (χ4v) is 8.98. The van der Waals surface area contributed by atoms with Crippen LogP contribution in [0.4, 0.5) is 8.78 Å². The number of thioether (sulfide) groups is 1. The molecule has 1 N–H and O–H groups in total. The van der Waals surface area contributed by atoms with Gasteiger partial charge in [0.1, 0.15) is 52.6 Å². The van der Waals surface area contributed by atoms with Crippen LogP contribution in [0.5, 0.6) is 17.5 Å². The van der Waals surface area contributed by atoms with Crippen molar-refractivity contribution in [3.05, 3.63) is 76.9 Å². The number of fused-ring (bicyclic) bond motifs is 3. The molecular formula is C40H41F2N5O5S. The second kappa shape index (κ2) is 14.7. The molecule has 2 aliphatic heterocycles. The van der Waals surface area contributed by atoms with Gasteiger partial charge in [-0.2, -0.15) is 9.97 Å². The van der Waals surface area contributed by atoms with Gasteiger partial charge in [-0.1, -0.05) is 35.9 Å². The van der Waals surface area contributed by atoms with E-state index in [4.69, 9.17) is 40.3 Å². The average molecular weight is 742 g/mol. The highest BCUT2D eigenvalue weighted by atomic mass is 32.2. The van der Waals surface area contributed by atoms with Gasteiger partial charge in [0.15, 0.2) is 12.4 Å². The van der Waals surface area contributed by atoms with Crippen LogP contribution >= 0.6 is 11.8 Å². The maximum absolute atomic E-state index is 15.2. The van der Waals surface area contributed by atoms with Crippen molar-refractivity contribution in [3.63, 3.8) is 0 Å². The molecule has 3 aliphatic rings. The molecule has 1 saturated carbocycles. The molecule has 3 aromatic carbocycles.